The monoisotopic (exact) mass is 338 g/mol. The van der Waals surface area contributed by atoms with Crippen molar-refractivity contribution in [2.45, 2.75) is 52.8 Å². The van der Waals surface area contributed by atoms with Gasteiger partial charge in [-0.05, 0) is 38.1 Å². The van der Waals surface area contributed by atoms with Crippen LogP contribution in [0.15, 0.2) is 33.1 Å². The number of ether oxygens (including phenoxy) is 2. The molecule has 6 heteroatoms. The van der Waals surface area contributed by atoms with Crippen LogP contribution in [-0.4, -0.2) is 22.4 Å². The fourth-order valence-electron chi connectivity index (χ4n) is 2.11. The van der Waals surface area contributed by atoms with Gasteiger partial charge >= 0.3 is 0 Å². The third-order valence-electron chi connectivity index (χ3n) is 4.13. The van der Waals surface area contributed by atoms with Crippen LogP contribution < -0.4 is 0 Å². The Labute approximate surface area is 142 Å². The lowest BCUT2D eigenvalue weighted by Crippen LogP contribution is -2.35. The molecular weight excluding hydrogens is 312 g/mol. The molecule has 0 saturated heterocycles. The third-order valence-corrected chi connectivity index (χ3v) is 4.13. The first kappa shape index (κ1) is 18.7. The van der Waals surface area contributed by atoms with E-state index in [-0.39, 0.29) is 19.1 Å². The van der Waals surface area contributed by atoms with Gasteiger partial charge in [0.2, 0.25) is 0 Å². The van der Waals surface area contributed by atoms with Gasteiger partial charge in [0.05, 0.1) is 12.2 Å². The van der Waals surface area contributed by atoms with Gasteiger partial charge < -0.3 is 28.5 Å². The number of rotatable bonds is 10. The van der Waals surface area contributed by atoms with Crippen molar-refractivity contribution >= 4 is 0 Å². The Morgan fingerprint density at radius 2 is 1.42 bits per heavy atom. The Hall–Kier alpha value is -1.60. The number of hydrogen-bond donors (Lipinski definition) is 2. The van der Waals surface area contributed by atoms with E-state index in [1.54, 1.807) is 24.3 Å². The van der Waals surface area contributed by atoms with Gasteiger partial charge in [-0.1, -0.05) is 6.92 Å². The van der Waals surface area contributed by atoms with Crippen LogP contribution in [0.1, 0.15) is 43.8 Å². The number of aliphatic hydroxyl groups excluding tert-OH is 2. The minimum absolute atomic E-state index is 0.109. The summed E-state index contributed by atoms with van der Waals surface area (Å²) in [5, 5.41) is 18.0. The van der Waals surface area contributed by atoms with Crippen LogP contribution in [0.2, 0.25) is 0 Å². The van der Waals surface area contributed by atoms with Gasteiger partial charge in [-0.15, -0.1) is 0 Å². The van der Waals surface area contributed by atoms with E-state index >= 15 is 0 Å². The van der Waals surface area contributed by atoms with Gasteiger partial charge in [0.15, 0.2) is 0 Å². The van der Waals surface area contributed by atoms with E-state index in [4.69, 9.17) is 28.5 Å². The lowest BCUT2D eigenvalue weighted by atomic mass is 9.93. The van der Waals surface area contributed by atoms with Gasteiger partial charge in [-0.2, -0.15) is 0 Å². The van der Waals surface area contributed by atoms with Gasteiger partial charge in [-0.3, -0.25) is 0 Å². The second kappa shape index (κ2) is 8.48. The molecule has 0 fully saturated rings. The molecule has 0 radical (unpaired) electrons. The van der Waals surface area contributed by atoms with Gasteiger partial charge in [0, 0.05) is 5.92 Å². The Morgan fingerprint density at radius 1 is 0.917 bits per heavy atom. The number of hydrogen-bond acceptors (Lipinski definition) is 6. The predicted molar refractivity (Wildman–Crippen MR) is 86.9 cm³/mol. The predicted octanol–water partition coefficient (Wildman–Crippen LogP) is 3.01. The van der Waals surface area contributed by atoms with Crippen LogP contribution in [0, 0.1) is 5.92 Å². The summed E-state index contributed by atoms with van der Waals surface area (Å²) in [5.41, 5.74) is -0.397. The first-order valence-electron chi connectivity index (χ1n) is 8.03. The van der Waals surface area contributed by atoms with E-state index in [0.717, 1.165) is 0 Å². The molecule has 0 spiro atoms. The fraction of sp³-hybridized carbons (Fsp3) is 0.556. The highest BCUT2D eigenvalue weighted by Crippen LogP contribution is 2.24. The summed E-state index contributed by atoms with van der Waals surface area (Å²) in [6.45, 7) is 7.07. The molecule has 2 aromatic rings. The van der Waals surface area contributed by atoms with Crippen molar-refractivity contribution < 1.29 is 28.5 Å². The van der Waals surface area contributed by atoms with Crippen LogP contribution in [-0.2, 0) is 35.9 Å². The Morgan fingerprint density at radius 3 is 1.92 bits per heavy atom. The molecular formula is C18H26O6. The minimum atomic E-state index is -0.397. The van der Waals surface area contributed by atoms with Gasteiger partial charge in [0.25, 0.3) is 0 Å². The molecule has 6 nitrogen and oxygen atoms in total. The van der Waals surface area contributed by atoms with Gasteiger partial charge in [-0.25, -0.2) is 0 Å². The van der Waals surface area contributed by atoms with Crippen molar-refractivity contribution in [3.8, 4) is 0 Å². The maximum Gasteiger partial charge on any atom is 0.130 e. The summed E-state index contributed by atoms with van der Waals surface area (Å²) in [4.78, 5) is 0. The van der Waals surface area contributed by atoms with E-state index in [2.05, 4.69) is 6.92 Å². The summed E-state index contributed by atoms with van der Waals surface area (Å²) in [6, 6.07) is 7.08. The van der Waals surface area contributed by atoms with Crippen molar-refractivity contribution in [1.29, 1.82) is 0 Å². The van der Waals surface area contributed by atoms with Crippen LogP contribution in [0.5, 0.6) is 0 Å². The van der Waals surface area contributed by atoms with E-state index in [9.17, 15) is 0 Å². The Balaban J connectivity index is 1.75. The largest absolute Gasteiger partial charge is 0.461 e. The molecule has 0 aliphatic rings. The maximum absolute atomic E-state index is 9.00. The van der Waals surface area contributed by atoms with Crippen molar-refractivity contribution in [3.63, 3.8) is 0 Å². The van der Waals surface area contributed by atoms with Crippen LogP contribution in [0.4, 0.5) is 0 Å². The topological polar surface area (TPSA) is 85.2 Å². The minimum Gasteiger partial charge on any atom is -0.461 e. The summed E-state index contributed by atoms with van der Waals surface area (Å²) < 4.78 is 22.4. The summed E-state index contributed by atoms with van der Waals surface area (Å²) in [7, 11) is 0. The SMILES string of the molecule is CC(COCc1ccc(CO)o1)C(C)(C)OCc1ccc(CO)o1. The molecule has 24 heavy (non-hydrogen) atoms. The van der Waals surface area contributed by atoms with Crippen molar-refractivity contribution in [3.05, 3.63) is 47.3 Å². The Bertz CT molecular complexity index is 613. The third kappa shape index (κ3) is 5.21. The molecule has 0 aromatic carbocycles. The van der Waals surface area contributed by atoms with Crippen LogP contribution in [0.25, 0.3) is 0 Å². The highest BCUT2D eigenvalue weighted by molar-refractivity contribution is 5.06. The zero-order valence-corrected chi connectivity index (χ0v) is 14.4. The maximum atomic E-state index is 9.00. The molecule has 0 aliphatic carbocycles. The molecule has 134 valence electrons. The highest BCUT2D eigenvalue weighted by Gasteiger charge is 2.27. The zero-order valence-electron chi connectivity index (χ0n) is 14.4. The summed E-state index contributed by atoms with van der Waals surface area (Å²) >= 11 is 0. The molecule has 2 aromatic heterocycles. The van der Waals surface area contributed by atoms with Crippen LogP contribution in [0.3, 0.4) is 0 Å². The summed E-state index contributed by atoms with van der Waals surface area (Å²) in [5.74, 6) is 2.59. The molecule has 0 bridgehead atoms. The smallest absolute Gasteiger partial charge is 0.130 e. The molecule has 1 atom stereocenters. The molecule has 0 amide bonds. The highest BCUT2D eigenvalue weighted by atomic mass is 16.5. The van der Waals surface area contributed by atoms with Crippen molar-refractivity contribution in [1.82, 2.24) is 0 Å². The molecule has 1 unspecified atom stereocenters. The van der Waals surface area contributed by atoms with Gasteiger partial charge in [0.1, 0.15) is 49.5 Å². The Kier molecular flexibility index (Phi) is 6.62. The molecule has 0 aliphatic heterocycles. The van der Waals surface area contributed by atoms with E-state index < -0.39 is 5.60 Å². The molecule has 0 saturated carbocycles. The van der Waals surface area contributed by atoms with E-state index in [0.29, 0.717) is 42.9 Å². The standard InChI is InChI=1S/C18H26O6/c1-13(10-21-11-16-6-4-14(8-19)23-16)18(2,3)22-12-17-7-5-15(9-20)24-17/h4-7,13,19-20H,8-12H2,1-3H3. The average molecular weight is 338 g/mol. The molecule has 2 N–H and O–H groups in total. The van der Waals surface area contributed by atoms with E-state index in [1.807, 2.05) is 13.8 Å². The fourth-order valence-corrected chi connectivity index (χ4v) is 2.11. The number of aliphatic hydroxyl groups is 2. The zero-order chi connectivity index (χ0) is 17.6. The quantitative estimate of drug-likeness (QED) is 0.693. The number of furan rings is 2. The second-order valence-electron chi connectivity index (χ2n) is 6.36. The molecule has 2 rings (SSSR count). The lowest BCUT2D eigenvalue weighted by molar-refractivity contribution is -0.0938. The van der Waals surface area contributed by atoms with Crippen molar-refractivity contribution in [2.24, 2.45) is 5.92 Å². The molecule has 2 heterocycles. The van der Waals surface area contributed by atoms with E-state index in [1.165, 1.54) is 0 Å². The van der Waals surface area contributed by atoms with Crippen molar-refractivity contribution in [2.75, 3.05) is 6.61 Å². The normalized spacial score (nSPS) is 13.4. The first-order valence-corrected chi connectivity index (χ1v) is 8.03. The first-order chi connectivity index (χ1) is 11.4. The lowest BCUT2D eigenvalue weighted by Gasteiger charge is -2.31. The second-order valence-corrected chi connectivity index (χ2v) is 6.36. The average Bonchev–Trinajstić information content (AvgIpc) is 3.21. The van der Waals surface area contributed by atoms with Crippen LogP contribution >= 0.6 is 0 Å². The summed E-state index contributed by atoms with van der Waals surface area (Å²) in [6.07, 6.45) is 0.